The summed E-state index contributed by atoms with van der Waals surface area (Å²) in [5.74, 6) is 0.101. The molecule has 1 amide bonds. The smallest absolute Gasteiger partial charge is 0.234 e. The Labute approximate surface area is 99.6 Å². The number of nitrogens with one attached hydrogen (secondary N) is 1. The van der Waals surface area contributed by atoms with Gasteiger partial charge < -0.3 is 11.1 Å². The number of nitrogens with zero attached hydrogens (tertiary/aromatic N) is 1. The van der Waals surface area contributed by atoms with Gasteiger partial charge in [0, 0.05) is 13.1 Å². The maximum Gasteiger partial charge on any atom is 0.234 e. The van der Waals surface area contributed by atoms with Gasteiger partial charge >= 0.3 is 0 Å². The third kappa shape index (κ3) is 6.80. The van der Waals surface area contributed by atoms with Crippen molar-refractivity contribution >= 4 is 5.91 Å². The van der Waals surface area contributed by atoms with Crippen molar-refractivity contribution in [2.45, 2.75) is 34.1 Å². The molecule has 0 heterocycles. The zero-order valence-electron chi connectivity index (χ0n) is 11.2. The predicted octanol–water partition coefficient (Wildman–Crippen LogP) is 0.819. The molecular formula is C12H27N3O. The summed E-state index contributed by atoms with van der Waals surface area (Å²) in [6, 6.07) is 0. The lowest BCUT2D eigenvalue weighted by atomic mass is 9.93. The fourth-order valence-electron chi connectivity index (χ4n) is 1.66. The van der Waals surface area contributed by atoms with Crippen LogP contribution in [0.25, 0.3) is 0 Å². The van der Waals surface area contributed by atoms with Gasteiger partial charge in [-0.3, -0.25) is 9.69 Å². The molecule has 0 aromatic rings. The number of carbonyl (C=O) groups is 1. The maximum absolute atomic E-state index is 11.5. The molecule has 0 saturated carbocycles. The fourth-order valence-corrected chi connectivity index (χ4v) is 1.66. The van der Waals surface area contributed by atoms with E-state index in [2.05, 4.69) is 31.0 Å². The Bertz CT molecular complexity index is 204. The topological polar surface area (TPSA) is 58.4 Å². The van der Waals surface area contributed by atoms with Crippen LogP contribution in [0.15, 0.2) is 0 Å². The summed E-state index contributed by atoms with van der Waals surface area (Å²) >= 11 is 0. The van der Waals surface area contributed by atoms with E-state index in [0.717, 1.165) is 19.5 Å². The highest BCUT2D eigenvalue weighted by molar-refractivity contribution is 5.77. The highest BCUT2D eigenvalue weighted by Gasteiger charge is 2.21. The van der Waals surface area contributed by atoms with E-state index in [-0.39, 0.29) is 11.3 Å². The molecule has 0 unspecified atom stereocenters. The standard InChI is InChI=1S/C12H27N3O/c1-5-7-15(8-11(16)14-6-2)10-12(3,4)9-13/h5-10,13H2,1-4H3,(H,14,16). The van der Waals surface area contributed by atoms with E-state index in [4.69, 9.17) is 5.73 Å². The molecule has 0 rings (SSSR count). The summed E-state index contributed by atoms with van der Waals surface area (Å²) in [6.07, 6.45) is 1.06. The maximum atomic E-state index is 11.5. The van der Waals surface area contributed by atoms with Gasteiger partial charge in [-0.1, -0.05) is 20.8 Å². The number of rotatable bonds is 8. The third-order valence-electron chi connectivity index (χ3n) is 2.49. The number of carbonyl (C=O) groups excluding carboxylic acids is 1. The lowest BCUT2D eigenvalue weighted by Crippen LogP contribution is -2.44. The molecule has 0 aromatic carbocycles. The van der Waals surface area contributed by atoms with Gasteiger partial charge in [0.1, 0.15) is 0 Å². The number of amides is 1. The molecule has 16 heavy (non-hydrogen) atoms. The van der Waals surface area contributed by atoms with Crippen LogP contribution < -0.4 is 11.1 Å². The average Bonchev–Trinajstić information content (AvgIpc) is 2.17. The first kappa shape index (κ1) is 15.4. The van der Waals surface area contributed by atoms with E-state index in [0.29, 0.717) is 19.6 Å². The molecule has 0 radical (unpaired) electrons. The highest BCUT2D eigenvalue weighted by atomic mass is 16.2. The Kier molecular flexibility index (Phi) is 7.34. The molecule has 0 atom stereocenters. The van der Waals surface area contributed by atoms with Crippen LogP contribution in [0.5, 0.6) is 0 Å². The summed E-state index contributed by atoms with van der Waals surface area (Å²) in [5, 5.41) is 2.83. The van der Waals surface area contributed by atoms with Crippen molar-refractivity contribution in [2.75, 3.05) is 32.7 Å². The lowest BCUT2D eigenvalue weighted by molar-refractivity contribution is -0.122. The highest BCUT2D eigenvalue weighted by Crippen LogP contribution is 2.14. The van der Waals surface area contributed by atoms with Crippen LogP contribution in [0, 0.1) is 5.41 Å². The molecule has 0 fully saturated rings. The van der Waals surface area contributed by atoms with Crippen LogP contribution in [0.1, 0.15) is 34.1 Å². The van der Waals surface area contributed by atoms with Crippen LogP contribution in [0.2, 0.25) is 0 Å². The molecule has 4 nitrogen and oxygen atoms in total. The molecule has 0 saturated heterocycles. The van der Waals surface area contributed by atoms with E-state index in [1.165, 1.54) is 0 Å². The van der Waals surface area contributed by atoms with E-state index in [1.54, 1.807) is 0 Å². The van der Waals surface area contributed by atoms with Crippen LogP contribution in [-0.2, 0) is 4.79 Å². The SMILES string of the molecule is CCCN(CC(=O)NCC)CC(C)(C)CN. The van der Waals surface area contributed by atoms with Gasteiger partial charge in [-0.2, -0.15) is 0 Å². The van der Waals surface area contributed by atoms with Crippen molar-refractivity contribution < 1.29 is 4.79 Å². The van der Waals surface area contributed by atoms with Crippen LogP contribution in [0.3, 0.4) is 0 Å². The van der Waals surface area contributed by atoms with Crippen LogP contribution >= 0.6 is 0 Å². The Hall–Kier alpha value is -0.610. The van der Waals surface area contributed by atoms with Crippen LogP contribution in [0.4, 0.5) is 0 Å². The van der Waals surface area contributed by atoms with Gasteiger partial charge in [0.05, 0.1) is 6.54 Å². The Morgan fingerprint density at radius 3 is 2.44 bits per heavy atom. The quantitative estimate of drug-likeness (QED) is 0.648. The minimum absolute atomic E-state index is 0.0711. The van der Waals surface area contributed by atoms with Gasteiger partial charge in [0.25, 0.3) is 0 Å². The van der Waals surface area contributed by atoms with Crippen molar-refractivity contribution in [1.82, 2.24) is 10.2 Å². The summed E-state index contributed by atoms with van der Waals surface area (Å²) in [4.78, 5) is 13.7. The molecule has 0 spiro atoms. The fraction of sp³-hybridized carbons (Fsp3) is 0.917. The summed E-state index contributed by atoms with van der Waals surface area (Å²) in [7, 11) is 0. The lowest BCUT2D eigenvalue weighted by Gasteiger charge is -2.31. The molecule has 4 heteroatoms. The second-order valence-electron chi connectivity index (χ2n) is 5.03. The first-order valence-electron chi connectivity index (χ1n) is 6.14. The second-order valence-corrected chi connectivity index (χ2v) is 5.03. The van der Waals surface area contributed by atoms with E-state index >= 15 is 0 Å². The van der Waals surface area contributed by atoms with Crippen molar-refractivity contribution in [3.05, 3.63) is 0 Å². The molecule has 0 aliphatic rings. The second kappa shape index (κ2) is 7.63. The van der Waals surface area contributed by atoms with Crippen LogP contribution in [-0.4, -0.2) is 43.5 Å². The van der Waals surface area contributed by atoms with Crippen molar-refractivity contribution in [2.24, 2.45) is 11.1 Å². The normalized spacial score (nSPS) is 11.9. The molecule has 0 bridgehead atoms. The zero-order chi connectivity index (χ0) is 12.6. The molecule has 0 aliphatic carbocycles. The number of nitrogens with two attached hydrogens (primary N) is 1. The number of likely N-dealkylation sites (N-methyl/N-ethyl adjacent to an activating group) is 1. The third-order valence-corrected chi connectivity index (χ3v) is 2.49. The number of hydrogen-bond donors (Lipinski definition) is 2. The summed E-state index contributed by atoms with van der Waals surface area (Å²) in [5.41, 5.74) is 5.78. The largest absolute Gasteiger partial charge is 0.355 e. The van der Waals surface area contributed by atoms with E-state index in [9.17, 15) is 4.79 Å². The van der Waals surface area contributed by atoms with E-state index in [1.807, 2.05) is 6.92 Å². The Morgan fingerprint density at radius 2 is 2.00 bits per heavy atom. The predicted molar refractivity (Wildman–Crippen MR) is 68.3 cm³/mol. The van der Waals surface area contributed by atoms with Gasteiger partial charge in [0.2, 0.25) is 5.91 Å². The van der Waals surface area contributed by atoms with Crippen molar-refractivity contribution in [1.29, 1.82) is 0 Å². The molecule has 96 valence electrons. The summed E-state index contributed by atoms with van der Waals surface area (Å²) < 4.78 is 0. The van der Waals surface area contributed by atoms with Gasteiger partial charge in [-0.05, 0) is 31.8 Å². The first-order chi connectivity index (χ1) is 7.45. The first-order valence-corrected chi connectivity index (χ1v) is 6.14. The summed E-state index contributed by atoms with van der Waals surface area (Å²) in [6.45, 7) is 12.0. The Balaban J connectivity index is 4.21. The van der Waals surface area contributed by atoms with Crippen molar-refractivity contribution in [3.8, 4) is 0 Å². The Morgan fingerprint density at radius 1 is 1.38 bits per heavy atom. The monoisotopic (exact) mass is 229 g/mol. The van der Waals surface area contributed by atoms with Gasteiger partial charge in [-0.25, -0.2) is 0 Å². The minimum atomic E-state index is 0.0711. The molecule has 0 aliphatic heterocycles. The van der Waals surface area contributed by atoms with Gasteiger partial charge in [-0.15, -0.1) is 0 Å². The van der Waals surface area contributed by atoms with Gasteiger partial charge in [0.15, 0.2) is 0 Å². The average molecular weight is 229 g/mol. The molecule has 0 aromatic heterocycles. The molecule has 3 N–H and O–H groups in total. The van der Waals surface area contributed by atoms with Crippen molar-refractivity contribution in [3.63, 3.8) is 0 Å². The van der Waals surface area contributed by atoms with E-state index < -0.39 is 0 Å². The number of hydrogen-bond acceptors (Lipinski definition) is 3. The molecular weight excluding hydrogens is 202 g/mol. The minimum Gasteiger partial charge on any atom is -0.355 e. The zero-order valence-corrected chi connectivity index (χ0v) is 11.2.